The van der Waals surface area contributed by atoms with Crippen LogP contribution in [0.2, 0.25) is 0 Å². The number of halogens is 1. The van der Waals surface area contributed by atoms with Gasteiger partial charge in [-0.1, -0.05) is 0 Å². The summed E-state index contributed by atoms with van der Waals surface area (Å²) in [5.74, 6) is -1.56. The molecule has 0 bridgehead atoms. The van der Waals surface area contributed by atoms with Crippen LogP contribution in [0.15, 0.2) is 18.2 Å². The van der Waals surface area contributed by atoms with Crippen molar-refractivity contribution in [1.29, 1.82) is 0 Å². The second kappa shape index (κ2) is 3.32. The molecule has 0 unspecified atom stereocenters. The highest BCUT2D eigenvalue weighted by molar-refractivity contribution is 5.89. The fourth-order valence-corrected chi connectivity index (χ4v) is 0.940. The molecule has 0 radical (unpaired) electrons. The molecule has 0 aromatic heterocycles. The summed E-state index contributed by atoms with van der Waals surface area (Å²) in [4.78, 5) is 10.5. The Hall–Kier alpha value is -1.42. The highest BCUT2D eigenvalue weighted by atomic mass is 19.1. The minimum atomic E-state index is -1.09. The number of nitrogens with two attached hydrogens (primary N) is 1. The summed E-state index contributed by atoms with van der Waals surface area (Å²) in [5.41, 5.74) is 5.59. The number of benzene rings is 1. The van der Waals surface area contributed by atoms with E-state index in [0.717, 1.165) is 12.1 Å². The van der Waals surface area contributed by atoms with Crippen LogP contribution in [0.4, 0.5) is 4.39 Å². The van der Waals surface area contributed by atoms with E-state index in [1.807, 2.05) is 0 Å². The Morgan fingerprint density at radius 3 is 2.75 bits per heavy atom. The number of carboxylic acid groups (broad SMARTS) is 1. The molecule has 3 N–H and O–H groups in total. The van der Waals surface area contributed by atoms with Crippen molar-refractivity contribution < 1.29 is 14.3 Å². The van der Waals surface area contributed by atoms with Crippen LogP contribution in [0.5, 0.6) is 0 Å². The van der Waals surface area contributed by atoms with E-state index >= 15 is 0 Å². The molecule has 1 rings (SSSR count). The zero-order valence-electron chi connectivity index (χ0n) is 6.25. The Morgan fingerprint density at radius 1 is 1.58 bits per heavy atom. The maximum atomic E-state index is 12.5. The molecule has 3 nitrogen and oxygen atoms in total. The second-order valence-corrected chi connectivity index (χ2v) is 2.31. The van der Waals surface area contributed by atoms with Gasteiger partial charge in [0, 0.05) is 6.54 Å². The summed E-state index contributed by atoms with van der Waals surface area (Å²) in [6.07, 6.45) is 0. The van der Waals surface area contributed by atoms with E-state index in [-0.39, 0.29) is 12.1 Å². The first-order chi connectivity index (χ1) is 5.65. The molecular formula is C8H8FNO2. The van der Waals surface area contributed by atoms with E-state index in [4.69, 9.17) is 10.8 Å². The van der Waals surface area contributed by atoms with Gasteiger partial charge in [0.1, 0.15) is 5.82 Å². The standard InChI is InChI=1S/C8H8FNO2/c9-6-1-2-7(8(11)12)5(3-6)4-10/h1-3H,4,10H2,(H,11,12). The van der Waals surface area contributed by atoms with Crippen molar-refractivity contribution in [2.24, 2.45) is 5.73 Å². The number of hydrogen-bond donors (Lipinski definition) is 2. The molecule has 1 aromatic carbocycles. The van der Waals surface area contributed by atoms with Crippen molar-refractivity contribution in [3.8, 4) is 0 Å². The summed E-state index contributed by atoms with van der Waals surface area (Å²) < 4.78 is 12.5. The maximum absolute atomic E-state index is 12.5. The lowest BCUT2D eigenvalue weighted by Crippen LogP contribution is -2.07. The summed E-state index contributed by atoms with van der Waals surface area (Å²) in [7, 11) is 0. The third kappa shape index (κ3) is 1.60. The molecule has 0 aliphatic rings. The zero-order valence-corrected chi connectivity index (χ0v) is 6.25. The molecule has 0 saturated heterocycles. The van der Waals surface area contributed by atoms with Crippen LogP contribution in [-0.4, -0.2) is 11.1 Å². The highest BCUT2D eigenvalue weighted by Gasteiger charge is 2.08. The van der Waals surface area contributed by atoms with E-state index in [9.17, 15) is 9.18 Å². The molecule has 0 heterocycles. The number of hydrogen-bond acceptors (Lipinski definition) is 2. The average molecular weight is 169 g/mol. The molecule has 12 heavy (non-hydrogen) atoms. The number of carboxylic acids is 1. The largest absolute Gasteiger partial charge is 0.478 e. The third-order valence-corrected chi connectivity index (χ3v) is 1.52. The fraction of sp³-hybridized carbons (Fsp3) is 0.125. The Morgan fingerprint density at radius 2 is 2.25 bits per heavy atom. The Labute approximate surface area is 68.6 Å². The Balaban J connectivity index is 3.20. The van der Waals surface area contributed by atoms with E-state index in [2.05, 4.69) is 0 Å². The van der Waals surface area contributed by atoms with Gasteiger partial charge in [0.15, 0.2) is 0 Å². The van der Waals surface area contributed by atoms with E-state index < -0.39 is 11.8 Å². The molecular weight excluding hydrogens is 161 g/mol. The molecule has 0 saturated carbocycles. The van der Waals surface area contributed by atoms with Gasteiger partial charge in [-0.25, -0.2) is 9.18 Å². The van der Waals surface area contributed by atoms with Crippen molar-refractivity contribution in [3.63, 3.8) is 0 Å². The molecule has 0 fully saturated rings. The van der Waals surface area contributed by atoms with Crippen LogP contribution in [0.1, 0.15) is 15.9 Å². The number of carbonyl (C=O) groups is 1. The summed E-state index contributed by atoms with van der Waals surface area (Å²) >= 11 is 0. The van der Waals surface area contributed by atoms with E-state index in [1.165, 1.54) is 6.07 Å². The third-order valence-electron chi connectivity index (χ3n) is 1.52. The first-order valence-corrected chi connectivity index (χ1v) is 3.37. The van der Waals surface area contributed by atoms with Crippen LogP contribution in [0, 0.1) is 5.82 Å². The van der Waals surface area contributed by atoms with Gasteiger partial charge in [-0.15, -0.1) is 0 Å². The van der Waals surface area contributed by atoms with Gasteiger partial charge >= 0.3 is 5.97 Å². The van der Waals surface area contributed by atoms with E-state index in [1.54, 1.807) is 0 Å². The number of rotatable bonds is 2. The lowest BCUT2D eigenvalue weighted by atomic mass is 10.1. The minimum absolute atomic E-state index is 0.0272. The summed E-state index contributed by atoms with van der Waals surface area (Å²) in [6, 6.07) is 3.44. The fourth-order valence-electron chi connectivity index (χ4n) is 0.940. The van der Waals surface area contributed by atoms with Crippen molar-refractivity contribution in [3.05, 3.63) is 35.1 Å². The molecule has 0 aliphatic carbocycles. The molecule has 0 atom stereocenters. The van der Waals surface area contributed by atoms with Crippen molar-refractivity contribution >= 4 is 5.97 Å². The monoisotopic (exact) mass is 169 g/mol. The lowest BCUT2D eigenvalue weighted by Gasteiger charge is -2.01. The average Bonchev–Trinajstić information content (AvgIpc) is 2.03. The van der Waals surface area contributed by atoms with Gasteiger partial charge in [0.2, 0.25) is 0 Å². The molecule has 0 amide bonds. The highest BCUT2D eigenvalue weighted by Crippen LogP contribution is 2.10. The maximum Gasteiger partial charge on any atom is 0.336 e. The van der Waals surface area contributed by atoms with Gasteiger partial charge in [-0.2, -0.15) is 0 Å². The zero-order chi connectivity index (χ0) is 9.14. The predicted octanol–water partition coefficient (Wildman–Crippen LogP) is 0.983. The van der Waals surface area contributed by atoms with Crippen LogP contribution < -0.4 is 5.73 Å². The first kappa shape index (κ1) is 8.67. The smallest absolute Gasteiger partial charge is 0.336 e. The second-order valence-electron chi connectivity index (χ2n) is 2.31. The quantitative estimate of drug-likeness (QED) is 0.693. The van der Waals surface area contributed by atoms with Crippen molar-refractivity contribution in [2.75, 3.05) is 0 Å². The molecule has 1 aromatic rings. The number of aromatic carboxylic acids is 1. The first-order valence-electron chi connectivity index (χ1n) is 3.37. The Kier molecular flexibility index (Phi) is 2.40. The predicted molar refractivity (Wildman–Crippen MR) is 41.3 cm³/mol. The van der Waals surface area contributed by atoms with E-state index in [0.29, 0.717) is 5.56 Å². The minimum Gasteiger partial charge on any atom is -0.478 e. The van der Waals surface area contributed by atoms with Crippen LogP contribution >= 0.6 is 0 Å². The topological polar surface area (TPSA) is 63.3 Å². The van der Waals surface area contributed by atoms with Gasteiger partial charge in [-0.3, -0.25) is 0 Å². The summed E-state index contributed by atoms with van der Waals surface area (Å²) in [6.45, 7) is 0.0272. The lowest BCUT2D eigenvalue weighted by molar-refractivity contribution is 0.0695. The molecule has 64 valence electrons. The van der Waals surface area contributed by atoms with Crippen molar-refractivity contribution in [2.45, 2.75) is 6.54 Å². The van der Waals surface area contributed by atoms with Crippen LogP contribution in [-0.2, 0) is 6.54 Å². The molecule has 0 spiro atoms. The van der Waals surface area contributed by atoms with Gasteiger partial charge < -0.3 is 10.8 Å². The van der Waals surface area contributed by atoms with Gasteiger partial charge in [-0.05, 0) is 23.8 Å². The van der Waals surface area contributed by atoms with Crippen molar-refractivity contribution in [1.82, 2.24) is 0 Å². The van der Waals surface area contributed by atoms with Crippen LogP contribution in [0.25, 0.3) is 0 Å². The van der Waals surface area contributed by atoms with Crippen LogP contribution in [0.3, 0.4) is 0 Å². The molecule has 4 heteroatoms. The Bertz CT molecular complexity index is 312. The normalized spacial score (nSPS) is 9.83. The molecule has 0 aliphatic heterocycles. The SMILES string of the molecule is NCc1cc(F)ccc1C(=O)O. The van der Waals surface area contributed by atoms with Gasteiger partial charge in [0.25, 0.3) is 0 Å². The summed E-state index contributed by atoms with van der Waals surface area (Å²) in [5, 5.41) is 8.61. The van der Waals surface area contributed by atoms with Gasteiger partial charge in [0.05, 0.1) is 5.56 Å².